The first-order valence-corrected chi connectivity index (χ1v) is 8.63. The molecule has 1 atom stereocenters. The molecule has 2 aromatic heterocycles. The summed E-state index contributed by atoms with van der Waals surface area (Å²) >= 11 is 10.7. The van der Waals surface area contributed by atoms with Gasteiger partial charge in [0.15, 0.2) is 0 Å². The summed E-state index contributed by atoms with van der Waals surface area (Å²) in [5.41, 5.74) is 0. The summed E-state index contributed by atoms with van der Waals surface area (Å²) in [5.74, 6) is 0. The van der Waals surface area contributed by atoms with Crippen LogP contribution in [0.3, 0.4) is 0 Å². The van der Waals surface area contributed by atoms with Gasteiger partial charge in [-0.3, -0.25) is 0 Å². The van der Waals surface area contributed by atoms with E-state index < -0.39 is 0 Å². The zero-order chi connectivity index (χ0) is 12.3. The molecule has 0 fully saturated rings. The van der Waals surface area contributed by atoms with Crippen LogP contribution in [0.15, 0.2) is 31.8 Å². The molecule has 0 radical (unpaired) electrons. The van der Waals surface area contributed by atoms with E-state index in [1.165, 1.54) is 17.3 Å². The van der Waals surface area contributed by atoms with Gasteiger partial charge in [0, 0.05) is 22.2 Å². The van der Waals surface area contributed by atoms with E-state index in [0.717, 1.165) is 13.0 Å². The lowest BCUT2D eigenvalue weighted by molar-refractivity contribution is 0.562. The summed E-state index contributed by atoms with van der Waals surface area (Å²) in [4.78, 5) is 2.80. The first-order chi connectivity index (χ1) is 8.19. The van der Waals surface area contributed by atoms with Gasteiger partial charge in [-0.25, -0.2) is 0 Å². The van der Waals surface area contributed by atoms with Crippen LogP contribution in [-0.2, 0) is 6.42 Å². The molecule has 0 aliphatic heterocycles. The number of likely N-dealkylation sites (N-methyl/N-ethyl adjacent to an activating group) is 1. The highest BCUT2D eigenvalue weighted by Crippen LogP contribution is 2.31. The minimum absolute atomic E-state index is 0.418. The molecule has 0 aliphatic rings. The largest absolute Gasteiger partial charge is 0.309 e. The fraction of sp³-hybridized carbons (Fsp3) is 0.333. The molecule has 1 nitrogen and oxygen atoms in total. The van der Waals surface area contributed by atoms with Crippen molar-refractivity contribution >= 4 is 54.5 Å². The highest BCUT2D eigenvalue weighted by Gasteiger charge is 2.14. The van der Waals surface area contributed by atoms with Crippen molar-refractivity contribution in [1.82, 2.24) is 5.32 Å². The Morgan fingerprint density at radius 2 is 1.82 bits per heavy atom. The highest BCUT2D eigenvalue weighted by atomic mass is 79.9. The Morgan fingerprint density at radius 1 is 1.12 bits per heavy atom. The standard InChI is InChI=1S/C12H13Br2NS2/c1-2-15-9(10-4-6-12(14)17-10)7-8-3-5-11(13)16-8/h3-6,9,15H,2,7H2,1H3. The van der Waals surface area contributed by atoms with Gasteiger partial charge in [0.1, 0.15) is 0 Å². The van der Waals surface area contributed by atoms with Crippen molar-refractivity contribution in [3.05, 3.63) is 41.6 Å². The summed E-state index contributed by atoms with van der Waals surface area (Å²) in [6.07, 6.45) is 1.05. The number of rotatable bonds is 5. The van der Waals surface area contributed by atoms with E-state index in [9.17, 15) is 0 Å². The molecule has 0 saturated carbocycles. The van der Waals surface area contributed by atoms with Crippen LogP contribution in [0.25, 0.3) is 0 Å². The van der Waals surface area contributed by atoms with Gasteiger partial charge >= 0.3 is 0 Å². The Morgan fingerprint density at radius 3 is 2.35 bits per heavy atom. The first-order valence-electron chi connectivity index (χ1n) is 5.42. The molecule has 92 valence electrons. The molecule has 17 heavy (non-hydrogen) atoms. The van der Waals surface area contributed by atoms with Crippen LogP contribution < -0.4 is 5.32 Å². The number of hydrogen-bond acceptors (Lipinski definition) is 3. The second-order valence-electron chi connectivity index (χ2n) is 3.66. The third-order valence-electron chi connectivity index (χ3n) is 2.42. The molecule has 0 bridgehead atoms. The Hall–Kier alpha value is 0.320. The quantitative estimate of drug-likeness (QED) is 0.732. The fourth-order valence-corrected chi connectivity index (χ4v) is 4.73. The zero-order valence-electron chi connectivity index (χ0n) is 9.37. The normalized spacial score (nSPS) is 12.9. The predicted octanol–water partition coefficient (Wildman–Crippen LogP) is 5.23. The van der Waals surface area contributed by atoms with E-state index >= 15 is 0 Å². The molecule has 0 aromatic carbocycles. The Bertz CT molecular complexity index is 478. The SMILES string of the molecule is CCNC(Cc1ccc(Br)s1)c1ccc(Br)s1. The molecule has 1 unspecified atom stereocenters. The number of thiophene rings is 2. The van der Waals surface area contributed by atoms with Crippen LogP contribution in [0.5, 0.6) is 0 Å². The van der Waals surface area contributed by atoms with Gasteiger partial charge < -0.3 is 5.32 Å². The lowest BCUT2D eigenvalue weighted by Gasteiger charge is -2.15. The number of halogens is 2. The first kappa shape index (κ1) is 13.7. The van der Waals surface area contributed by atoms with Gasteiger partial charge in [-0.15, -0.1) is 22.7 Å². The smallest absolute Gasteiger partial charge is 0.0701 e. The van der Waals surface area contributed by atoms with E-state index in [1.54, 1.807) is 0 Å². The predicted molar refractivity (Wildman–Crippen MR) is 84.2 cm³/mol. The highest BCUT2D eigenvalue weighted by molar-refractivity contribution is 9.11. The van der Waals surface area contributed by atoms with Crippen LogP contribution in [-0.4, -0.2) is 6.54 Å². The summed E-state index contributed by atoms with van der Waals surface area (Å²) in [5, 5.41) is 3.55. The van der Waals surface area contributed by atoms with E-state index in [1.807, 2.05) is 22.7 Å². The lowest BCUT2D eigenvalue weighted by Crippen LogP contribution is -2.21. The minimum Gasteiger partial charge on any atom is -0.309 e. The van der Waals surface area contributed by atoms with Crippen molar-refractivity contribution in [2.45, 2.75) is 19.4 Å². The van der Waals surface area contributed by atoms with Crippen LogP contribution in [0.4, 0.5) is 0 Å². The summed E-state index contributed by atoms with van der Waals surface area (Å²) in [6.45, 7) is 3.15. The van der Waals surface area contributed by atoms with Gasteiger partial charge in [0.2, 0.25) is 0 Å². The van der Waals surface area contributed by atoms with Crippen molar-refractivity contribution in [3.63, 3.8) is 0 Å². The van der Waals surface area contributed by atoms with Gasteiger partial charge in [0.25, 0.3) is 0 Å². The lowest BCUT2D eigenvalue weighted by atomic mass is 10.1. The second-order valence-corrected chi connectivity index (χ2v) is 8.70. The third-order valence-corrected chi connectivity index (χ3v) is 5.81. The molecular formula is C12H13Br2NS2. The average Bonchev–Trinajstić information content (AvgIpc) is 2.87. The van der Waals surface area contributed by atoms with Gasteiger partial charge in [-0.2, -0.15) is 0 Å². The fourth-order valence-electron chi connectivity index (χ4n) is 1.70. The summed E-state index contributed by atoms with van der Waals surface area (Å²) in [6, 6.07) is 9.05. The Labute approximate surface area is 127 Å². The van der Waals surface area contributed by atoms with Gasteiger partial charge in [-0.1, -0.05) is 6.92 Å². The van der Waals surface area contributed by atoms with Gasteiger partial charge in [0.05, 0.1) is 7.57 Å². The van der Waals surface area contributed by atoms with Crippen LogP contribution in [0.1, 0.15) is 22.7 Å². The second kappa shape index (κ2) is 6.48. The molecule has 2 aromatic rings. The Balaban J connectivity index is 2.12. The Kier molecular flexibility index (Phi) is 5.24. The topological polar surface area (TPSA) is 12.0 Å². The maximum absolute atomic E-state index is 3.55. The average molecular weight is 395 g/mol. The van der Waals surface area contributed by atoms with Crippen LogP contribution in [0, 0.1) is 0 Å². The maximum Gasteiger partial charge on any atom is 0.0701 e. The van der Waals surface area contributed by atoms with Crippen molar-refractivity contribution < 1.29 is 0 Å². The van der Waals surface area contributed by atoms with Crippen LogP contribution >= 0.6 is 54.5 Å². The molecular weight excluding hydrogens is 382 g/mol. The van der Waals surface area contributed by atoms with E-state index in [0.29, 0.717) is 6.04 Å². The van der Waals surface area contributed by atoms with Gasteiger partial charge in [-0.05, 0) is 62.7 Å². The van der Waals surface area contributed by atoms with E-state index in [4.69, 9.17) is 0 Å². The van der Waals surface area contributed by atoms with Crippen molar-refractivity contribution in [2.24, 2.45) is 0 Å². The van der Waals surface area contributed by atoms with E-state index in [2.05, 4.69) is 68.4 Å². The van der Waals surface area contributed by atoms with Crippen molar-refractivity contribution in [2.75, 3.05) is 6.54 Å². The molecule has 0 spiro atoms. The molecule has 2 heterocycles. The number of nitrogens with one attached hydrogen (secondary N) is 1. The molecule has 0 saturated heterocycles. The van der Waals surface area contributed by atoms with Crippen molar-refractivity contribution in [1.29, 1.82) is 0 Å². The monoisotopic (exact) mass is 393 g/mol. The summed E-state index contributed by atoms with van der Waals surface area (Å²) in [7, 11) is 0. The molecule has 0 aliphatic carbocycles. The molecule has 5 heteroatoms. The van der Waals surface area contributed by atoms with Crippen LogP contribution in [0.2, 0.25) is 0 Å². The summed E-state index contributed by atoms with van der Waals surface area (Å²) < 4.78 is 2.40. The molecule has 1 N–H and O–H groups in total. The number of hydrogen-bond donors (Lipinski definition) is 1. The van der Waals surface area contributed by atoms with Crippen molar-refractivity contribution in [3.8, 4) is 0 Å². The zero-order valence-corrected chi connectivity index (χ0v) is 14.2. The maximum atomic E-state index is 3.55. The molecule has 2 rings (SSSR count). The third kappa shape index (κ3) is 3.89. The van der Waals surface area contributed by atoms with E-state index in [-0.39, 0.29) is 0 Å². The molecule has 0 amide bonds. The minimum atomic E-state index is 0.418.